The van der Waals surface area contributed by atoms with E-state index in [0.29, 0.717) is 16.7 Å². The van der Waals surface area contributed by atoms with Gasteiger partial charge >= 0.3 is 0 Å². The molecule has 3 nitrogen and oxygen atoms in total. The van der Waals surface area contributed by atoms with Crippen LogP contribution in [0.15, 0.2) is 486 Å². The minimum atomic E-state index is -0.418. The number of para-hydroxylation sites is 3. The maximum atomic E-state index is 8.66. The van der Waals surface area contributed by atoms with Crippen molar-refractivity contribution < 1.29 is 20.1 Å². The van der Waals surface area contributed by atoms with Crippen LogP contribution < -0.4 is 0 Å². The van der Waals surface area contributed by atoms with Crippen LogP contribution in [0, 0.1) is 0 Å². The van der Waals surface area contributed by atoms with Crippen LogP contribution in [0.4, 0.5) is 0 Å². The Kier molecular flexibility index (Phi) is 16.7. The third-order valence-electron chi connectivity index (χ3n) is 26.2. The van der Waals surface area contributed by atoms with Crippen molar-refractivity contribution in [1.82, 2.24) is 0 Å². The third kappa shape index (κ3) is 12.5. The van der Waals surface area contributed by atoms with Crippen molar-refractivity contribution in [3.8, 4) is 100 Å². The SMILES string of the molecule is [2H]c1c([2H])c([2H])c(-c2cccc3c2oc2cccc(-c4c5ccccc5c(-c5ccc6ccccc6c5)c5ccccc45)c23)c([2H])c1[2H].c1ccc(-c2cc3ccccc3cc2-c2c3ccccc3c(-c3cccc4oc5ccccc5c34)c3ccccc23)cc1.c1ccc(-c2ccc(-c3c4ccccc4c(-c4ccc5oc6ccccc6c5c4)c4ccccc34)c3ccccc23)cc1. The molecule has 0 aliphatic carbocycles. The van der Waals surface area contributed by atoms with Gasteiger partial charge < -0.3 is 13.3 Å². The Morgan fingerprint density at radius 3 is 1.02 bits per heavy atom. The second-order valence-electron chi connectivity index (χ2n) is 33.3. The van der Waals surface area contributed by atoms with E-state index in [0.717, 1.165) is 92.9 Å². The first kappa shape index (κ1) is 69.4. The first-order valence-corrected chi connectivity index (χ1v) is 43.9. The van der Waals surface area contributed by atoms with Gasteiger partial charge in [0.1, 0.15) is 33.5 Å². The summed E-state index contributed by atoms with van der Waals surface area (Å²) in [5, 5.41) is 28.2. The number of furan rings is 3. The zero-order valence-corrected chi connectivity index (χ0v) is 69.9. The van der Waals surface area contributed by atoms with E-state index in [1.807, 2.05) is 42.5 Å². The summed E-state index contributed by atoms with van der Waals surface area (Å²) in [5.41, 5.74) is 24.7. The van der Waals surface area contributed by atoms with Crippen molar-refractivity contribution in [3.63, 3.8) is 0 Å². The first-order chi connectivity index (χ1) is 66.1. The van der Waals surface area contributed by atoms with Crippen LogP contribution in [-0.2, 0) is 0 Å². The molecule has 0 saturated heterocycles. The zero-order chi connectivity index (χ0) is 89.3. The smallest absolute Gasteiger partial charge is 0.143 e. The van der Waals surface area contributed by atoms with Gasteiger partial charge in [-0.3, -0.25) is 0 Å². The van der Waals surface area contributed by atoms with Gasteiger partial charge in [-0.05, 0) is 246 Å². The van der Waals surface area contributed by atoms with Gasteiger partial charge in [0.2, 0.25) is 0 Å². The lowest BCUT2D eigenvalue weighted by atomic mass is 9.82. The lowest BCUT2D eigenvalue weighted by molar-refractivity contribution is 0.668. The Morgan fingerprint density at radius 1 is 0.147 bits per heavy atom. The second-order valence-corrected chi connectivity index (χ2v) is 33.3. The molecule has 27 aromatic rings. The largest absolute Gasteiger partial charge is 0.456 e. The van der Waals surface area contributed by atoms with Crippen LogP contribution in [-0.4, -0.2) is 0 Å². The van der Waals surface area contributed by atoms with Crippen LogP contribution in [0.2, 0.25) is 0 Å². The standard InChI is InChI=1S/3C42H26O/c1-2-13-28(14-3-1)31-20-10-22-37-41-36(21-11-23-38(41)43-42(31)37)40-34-18-8-6-16-32(34)39(33-17-7-9-19-35(33)40)30-25-24-27-12-4-5-15-29(27)26-30;1-2-13-27(14-3-1)36-25-28-15-4-5-16-29(28)26-37(36)41-32-19-8-6-17-30(32)40(31-18-7-9-20-33(31)41)35-22-12-24-39-42(35)34-21-10-11-23-38(34)43-39;1-2-12-27(13-3-1)29-23-24-37(31-15-5-4-14-30(29)31)42-35-19-8-6-17-33(35)41(34-18-7-9-20-36(34)42)28-22-25-40-38(26-28)32-16-10-11-21-39(32)43-40/h3*1-26H/i1D,2D,3D,13D,14D;;. The molecule has 3 heterocycles. The van der Waals surface area contributed by atoms with Crippen molar-refractivity contribution in [2.24, 2.45) is 0 Å². The number of hydrogen-bond donors (Lipinski definition) is 0. The highest BCUT2D eigenvalue weighted by atomic mass is 16.3. The van der Waals surface area contributed by atoms with Crippen LogP contribution in [0.1, 0.15) is 6.85 Å². The van der Waals surface area contributed by atoms with Gasteiger partial charge in [-0.15, -0.1) is 0 Å². The molecular weight excluding hydrogens is 1560 g/mol. The first-order valence-electron chi connectivity index (χ1n) is 46.4. The highest BCUT2D eigenvalue weighted by Crippen LogP contribution is 2.54. The average molecular weight is 1650 g/mol. The minimum Gasteiger partial charge on any atom is -0.456 e. The van der Waals surface area contributed by atoms with Crippen molar-refractivity contribution in [2.75, 3.05) is 0 Å². The van der Waals surface area contributed by atoms with E-state index in [9.17, 15) is 0 Å². The topological polar surface area (TPSA) is 39.4 Å². The lowest BCUT2D eigenvalue weighted by Crippen LogP contribution is -1.93. The molecule has 0 spiro atoms. The van der Waals surface area contributed by atoms with E-state index in [-0.39, 0.29) is 29.7 Å². The van der Waals surface area contributed by atoms with Gasteiger partial charge in [0.05, 0.1) is 6.85 Å². The summed E-state index contributed by atoms with van der Waals surface area (Å²) in [6.45, 7) is 0. The molecule has 3 heteroatoms. The molecule has 0 aliphatic rings. The van der Waals surface area contributed by atoms with Gasteiger partial charge in [-0.25, -0.2) is 0 Å². The van der Waals surface area contributed by atoms with Crippen LogP contribution >= 0.6 is 0 Å². The van der Waals surface area contributed by atoms with Crippen molar-refractivity contribution in [2.45, 2.75) is 0 Å². The molecule has 0 atom stereocenters. The normalized spacial score (nSPS) is 12.3. The number of hydrogen-bond acceptors (Lipinski definition) is 3. The van der Waals surface area contributed by atoms with Gasteiger partial charge in [-0.2, -0.15) is 0 Å². The van der Waals surface area contributed by atoms with E-state index in [1.165, 1.54) is 148 Å². The Bertz CT molecular complexity index is 9340. The maximum Gasteiger partial charge on any atom is 0.143 e. The summed E-state index contributed by atoms with van der Waals surface area (Å²) in [5.74, 6) is 0. The second kappa shape index (κ2) is 31.1. The molecule has 0 amide bonds. The molecule has 129 heavy (non-hydrogen) atoms. The zero-order valence-electron chi connectivity index (χ0n) is 74.9. The highest BCUT2D eigenvalue weighted by molar-refractivity contribution is 6.30. The molecular formula is C126H78O3. The predicted octanol–water partition coefficient (Wildman–Crippen LogP) is 36.1. The molecule has 0 fully saturated rings. The Labute approximate surface area is 751 Å². The minimum absolute atomic E-state index is 0.128. The molecule has 0 bridgehead atoms. The fourth-order valence-electron chi connectivity index (χ4n) is 20.7. The molecule has 27 rings (SSSR count). The Balaban J connectivity index is 0.000000108. The number of benzene rings is 24. The molecule has 0 unspecified atom stereocenters. The van der Waals surface area contributed by atoms with Crippen molar-refractivity contribution in [1.29, 1.82) is 0 Å². The fraction of sp³-hybridized carbons (Fsp3) is 0. The summed E-state index contributed by atoms with van der Waals surface area (Å²) < 4.78 is 61.0. The fourth-order valence-corrected chi connectivity index (χ4v) is 20.7. The molecule has 600 valence electrons. The van der Waals surface area contributed by atoms with E-state index in [4.69, 9.17) is 20.1 Å². The Hall–Kier alpha value is -17.0. The van der Waals surface area contributed by atoms with Crippen molar-refractivity contribution >= 4 is 163 Å². The molecule has 24 aromatic carbocycles. The van der Waals surface area contributed by atoms with Crippen LogP contribution in [0.5, 0.6) is 0 Å². The summed E-state index contributed by atoms with van der Waals surface area (Å²) in [7, 11) is 0. The van der Waals surface area contributed by atoms with Crippen molar-refractivity contribution in [3.05, 3.63) is 473 Å². The summed E-state index contributed by atoms with van der Waals surface area (Å²) in [6.07, 6.45) is 0. The monoisotopic (exact) mass is 1640 g/mol. The third-order valence-corrected chi connectivity index (χ3v) is 26.2. The molecule has 0 N–H and O–H groups in total. The predicted molar refractivity (Wildman–Crippen MR) is 548 cm³/mol. The molecule has 3 aromatic heterocycles. The molecule has 0 radical (unpaired) electrons. The maximum absolute atomic E-state index is 8.66. The lowest BCUT2D eigenvalue weighted by Gasteiger charge is -2.20. The van der Waals surface area contributed by atoms with Gasteiger partial charge in [-0.1, -0.05) is 418 Å². The quantitative estimate of drug-likeness (QED) is 0.135. The van der Waals surface area contributed by atoms with E-state index in [1.54, 1.807) is 6.07 Å². The average Bonchev–Trinajstić information content (AvgIpc) is 1.48. The van der Waals surface area contributed by atoms with Crippen LogP contribution in [0.3, 0.4) is 0 Å². The number of rotatable bonds is 9. The summed E-state index contributed by atoms with van der Waals surface area (Å²) in [6, 6.07) is 156. The van der Waals surface area contributed by atoms with E-state index >= 15 is 0 Å². The van der Waals surface area contributed by atoms with E-state index in [2.05, 4.69) is 394 Å². The summed E-state index contributed by atoms with van der Waals surface area (Å²) in [4.78, 5) is 0. The van der Waals surface area contributed by atoms with E-state index < -0.39 is 6.04 Å². The van der Waals surface area contributed by atoms with Gasteiger partial charge in [0.15, 0.2) is 0 Å². The Morgan fingerprint density at radius 2 is 0.481 bits per heavy atom. The highest BCUT2D eigenvalue weighted by Gasteiger charge is 2.27. The summed E-state index contributed by atoms with van der Waals surface area (Å²) >= 11 is 0. The number of fused-ring (bicyclic) bond motifs is 18. The van der Waals surface area contributed by atoms with Gasteiger partial charge in [0.25, 0.3) is 0 Å². The molecule has 0 saturated carbocycles. The molecule has 0 aliphatic heterocycles. The van der Waals surface area contributed by atoms with Crippen LogP contribution in [0.25, 0.3) is 263 Å². The van der Waals surface area contributed by atoms with Gasteiger partial charge in [0, 0.05) is 37.9 Å².